The SMILES string of the molecule is CN(C(=O)c1cc([N+](=O)[O-])cnc1Cl)C1CCSC1. The Bertz CT molecular complexity index is 520. The van der Waals surface area contributed by atoms with Crippen LogP contribution < -0.4 is 0 Å². The lowest BCUT2D eigenvalue weighted by Crippen LogP contribution is -2.37. The van der Waals surface area contributed by atoms with Crippen molar-refractivity contribution in [3.8, 4) is 0 Å². The van der Waals surface area contributed by atoms with Crippen LogP contribution in [0.4, 0.5) is 5.69 Å². The summed E-state index contributed by atoms with van der Waals surface area (Å²) in [7, 11) is 1.69. The van der Waals surface area contributed by atoms with E-state index < -0.39 is 4.92 Å². The fourth-order valence-corrected chi connectivity index (χ4v) is 3.32. The van der Waals surface area contributed by atoms with Crippen LogP contribution in [0, 0.1) is 10.1 Å². The lowest BCUT2D eigenvalue weighted by molar-refractivity contribution is -0.385. The molecule has 1 fully saturated rings. The Morgan fingerprint density at radius 3 is 3.00 bits per heavy atom. The van der Waals surface area contributed by atoms with Crippen molar-refractivity contribution in [2.75, 3.05) is 18.6 Å². The Morgan fingerprint density at radius 1 is 1.68 bits per heavy atom. The number of amides is 1. The van der Waals surface area contributed by atoms with Crippen molar-refractivity contribution in [3.05, 3.63) is 33.1 Å². The molecule has 1 aromatic heterocycles. The normalized spacial score (nSPS) is 18.3. The van der Waals surface area contributed by atoms with E-state index in [2.05, 4.69) is 4.98 Å². The first-order valence-electron chi connectivity index (χ1n) is 5.65. The highest BCUT2D eigenvalue weighted by molar-refractivity contribution is 7.99. The van der Waals surface area contributed by atoms with Crippen LogP contribution in [0.15, 0.2) is 12.3 Å². The first-order chi connectivity index (χ1) is 9.00. The van der Waals surface area contributed by atoms with Gasteiger partial charge in [-0.3, -0.25) is 14.9 Å². The van der Waals surface area contributed by atoms with Gasteiger partial charge in [0.25, 0.3) is 11.6 Å². The average molecular weight is 302 g/mol. The van der Waals surface area contributed by atoms with Gasteiger partial charge in [0.05, 0.1) is 10.5 Å². The Kier molecular flexibility index (Phi) is 4.26. The van der Waals surface area contributed by atoms with Gasteiger partial charge in [-0.05, 0) is 12.2 Å². The number of nitro groups is 1. The van der Waals surface area contributed by atoms with Crippen LogP contribution in [0.1, 0.15) is 16.8 Å². The summed E-state index contributed by atoms with van der Waals surface area (Å²) >= 11 is 7.64. The second kappa shape index (κ2) is 5.75. The molecule has 0 bridgehead atoms. The van der Waals surface area contributed by atoms with E-state index in [0.717, 1.165) is 24.1 Å². The van der Waals surface area contributed by atoms with Crippen LogP contribution in [-0.2, 0) is 0 Å². The number of pyridine rings is 1. The zero-order valence-electron chi connectivity index (χ0n) is 10.2. The maximum Gasteiger partial charge on any atom is 0.288 e. The van der Waals surface area contributed by atoms with E-state index in [4.69, 9.17) is 11.6 Å². The van der Waals surface area contributed by atoms with Gasteiger partial charge in [-0.25, -0.2) is 4.98 Å². The molecule has 102 valence electrons. The topological polar surface area (TPSA) is 76.3 Å². The number of nitrogens with zero attached hydrogens (tertiary/aromatic N) is 3. The number of thioether (sulfide) groups is 1. The first kappa shape index (κ1) is 14.1. The van der Waals surface area contributed by atoms with E-state index in [1.54, 1.807) is 23.7 Å². The number of rotatable bonds is 3. The molecule has 1 amide bonds. The van der Waals surface area contributed by atoms with Crippen molar-refractivity contribution in [1.29, 1.82) is 0 Å². The average Bonchev–Trinajstić information content (AvgIpc) is 2.91. The minimum Gasteiger partial charge on any atom is -0.338 e. The lowest BCUT2D eigenvalue weighted by atomic mass is 10.2. The van der Waals surface area contributed by atoms with Crippen molar-refractivity contribution in [2.45, 2.75) is 12.5 Å². The quantitative estimate of drug-likeness (QED) is 0.486. The summed E-state index contributed by atoms with van der Waals surface area (Å²) in [6.07, 6.45) is 1.97. The Hall–Kier alpha value is -1.34. The summed E-state index contributed by atoms with van der Waals surface area (Å²) in [5, 5.41) is 10.7. The molecule has 0 spiro atoms. The van der Waals surface area contributed by atoms with Gasteiger partial charge in [-0.1, -0.05) is 11.6 Å². The number of carbonyl (C=O) groups excluding carboxylic acids is 1. The minimum atomic E-state index is -0.592. The number of hydrogen-bond acceptors (Lipinski definition) is 5. The molecule has 1 aliphatic heterocycles. The Morgan fingerprint density at radius 2 is 2.42 bits per heavy atom. The zero-order valence-corrected chi connectivity index (χ0v) is 11.8. The van der Waals surface area contributed by atoms with Gasteiger partial charge in [0.2, 0.25) is 0 Å². The summed E-state index contributed by atoms with van der Waals surface area (Å²) in [6, 6.07) is 1.32. The molecular formula is C11H12ClN3O3S. The molecular weight excluding hydrogens is 290 g/mol. The van der Waals surface area contributed by atoms with Gasteiger partial charge in [-0.2, -0.15) is 11.8 Å². The molecule has 8 heteroatoms. The van der Waals surface area contributed by atoms with E-state index in [1.165, 1.54) is 6.07 Å². The molecule has 19 heavy (non-hydrogen) atoms. The maximum absolute atomic E-state index is 12.3. The van der Waals surface area contributed by atoms with Crippen LogP contribution in [-0.4, -0.2) is 45.3 Å². The number of carbonyl (C=O) groups is 1. The highest BCUT2D eigenvalue weighted by Gasteiger charge is 2.27. The highest BCUT2D eigenvalue weighted by Crippen LogP contribution is 2.25. The molecule has 0 N–H and O–H groups in total. The molecule has 1 aromatic rings. The van der Waals surface area contributed by atoms with Crippen LogP contribution in [0.2, 0.25) is 5.15 Å². The molecule has 1 unspecified atom stereocenters. The number of aromatic nitrogens is 1. The minimum absolute atomic E-state index is 0.00639. The van der Waals surface area contributed by atoms with Gasteiger partial charge in [0.1, 0.15) is 11.3 Å². The van der Waals surface area contributed by atoms with E-state index in [1.807, 2.05) is 0 Å². The highest BCUT2D eigenvalue weighted by atomic mass is 35.5. The van der Waals surface area contributed by atoms with E-state index >= 15 is 0 Å². The van der Waals surface area contributed by atoms with Crippen molar-refractivity contribution in [1.82, 2.24) is 9.88 Å². The van der Waals surface area contributed by atoms with Crippen molar-refractivity contribution in [3.63, 3.8) is 0 Å². The predicted molar refractivity (Wildman–Crippen MR) is 73.7 cm³/mol. The third-order valence-electron chi connectivity index (χ3n) is 3.04. The summed E-state index contributed by atoms with van der Waals surface area (Å²) in [6.45, 7) is 0. The molecule has 1 atom stereocenters. The Balaban J connectivity index is 2.26. The molecule has 2 heterocycles. The Labute approximate surface area is 119 Å². The molecule has 0 saturated carbocycles. The van der Waals surface area contributed by atoms with E-state index in [9.17, 15) is 14.9 Å². The fraction of sp³-hybridized carbons (Fsp3) is 0.455. The third kappa shape index (κ3) is 2.98. The second-order valence-electron chi connectivity index (χ2n) is 4.22. The third-order valence-corrected chi connectivity index (χ3v) is 4.49. The van der Waals surface area contributed by atoms with Crippen LogP contribution in [0.25, 0.3) is 0 Å². The number of halogens is 1. The van der Waals surface area contributed by atoms with Crippen molar-refractivity contribution < 1.29 is 9.72 Å². The van der Waals surface area contributed by atoms with E-state index in [0.29, 0.717) is 0 Å². The summed E-state index contributed by atoms with van der Waals surface area (Å²) in [5.74, 6) is 1.57. The summed E-state index contributed by atoms with van der Waals surface area (Å²) in [4.78, 5) is 27.7. The van der Waals surface area contributed by atoms with Gasteiger partial charge >= 0.3 is 0 Å². The van der Waals surface area contributed by atoms with E-state index in [-0.39, 0.29) is 28.4 Å². The smallest absolute Gasteiger partial charge is 0.288 e. The second-order valence-corrected chi connectivity index (χ2v) is 5.73. The van der Waals surface area contributed by atoms with Gasteiger partial charge in [-0.15, -0.1) is 0 Å². The molecule has 1 aliphatic rings. The monoisotopic (exact) mass is 301 g/mol. The number of hydrogen-bond donors (Lipinski definition) is 0. The van der Waals surface area contributed by atoms with Crippen LogP contribution in [0.5, 0.6) is 0 Å². The lowest BCUT2D eigenvalue weighted by Gasteiger charge is -2.23. The molecule has 6 nitrogen and oxygen atoms in total. The van der Waals surface area contributed by atoms with Crippen LogP contribution >= 0.6 is 23.4 Å². The maximum atomic E-state index is 12.3. The largest absolute Gasteiger partial charge is 0.338 e. The standard InChI is InChI=1S/C11H12ClN3O3S/c1-14(7-2-3-19-6-7)11(16)9-4-8(15(17)18)5-13-10(9)12/h4-5,7H,2-3,6H2,1H3. The molecule has 1 saturated heterocycles. The summed E-state index contributed by atoms with van der Waals surface area (Å²) in [5.41, 5.74) is -0.155. The molecule has 0 aliphatic carbocycles. The fourth-order valence-electron chi connectivity index (χ4n) is 1.87. The zero-order chi connectivity index (χ0) is 14.0. The summed E-state index contributed by atoms with van der Waals surface area (Å²) < 4.78 is 0. The molecule has 0 aromatic carbocycles. The molecule has 0 radical (unpaired) electrons. The van der Waals surface area contributed by atoms with Gasteiger partial charge in [0, 0.05) is 24.9 Å². The van der Waals surface area contributed by atoms with Gasteiger partial charge in [0.15, 0.2) is 0 Å². The van der Waals surface area contributed by atoms with Crippen molar-refractivity contribution in [2.24, 2.45) is 0 Å². The molecule has 2 rings (SSSR count). The van der Waals surface area contributed by atoms with Crippen LogP contribution in [0.3, 0.4) is 0 Å². The van der Waals surface area contributed by atoms with Gasteiger partial charge < -0.3 is 4.90 Å². The first-order valence-corrected chi connectivity index (χ1v) is 7.19. The van der Waals surface area contributed by atoms with Crippen molar-refractivity contribution >= 4 is 35.0 Å². The predicted octanol–water partition coefficient (Wildman–Crippen LogP) is 2.22.